The first-order valence-corrected chi connectivity index (χ1v) is 4.51. The van der Waals surface area contributed by atoms with E-state index in [1.54, 1.807) is 24.3 Å². The van der Waals surface area contributed by atoms with Crippen LogP contribution in [0.2, 0.25) is 0 Å². The molecule has 0 aromatic heterocycles. The molecule has 1 aromatic carbocycles. The maximum absolute atomic E-state index is 11.5. The first-order valence-electron chi connectivity index (χ1n) is 4.13. The lowest BCUT2D eigenvalue weighted by Gasteiger charge is -2.04. The Morgan fingerprint density at radius 1 is 1.36 bits per heavy atom. The van der Waals surface area contributed by atoms with Gasteiger partial charge in [-0.25, -0.2) is 0 Å². The monoisotopic (exact) mass is 211 g/mol. The minimum absolute atomic E-state index is 0.0877. The lowest BCUT2D eigenvalue weighted by molar-refractivity contribution is -0.116. The number of carbonyl (C=O) groups is 2. The average Bonchev–Trinajstić information content (AvgIpc) is 2.16. The third-order valence-corrected chi connectivity index (χ3v) is 1.94. The SMILES string of the molecule is CC(=O)CC(=O)c1ccccc1NCl. The van der Waals surface area contributed by atoms with Crippen LogP contribution < -0.4 is 4.84 Å². The smallest absolute Gasteiger partial charge is 0.172 e. The first kappa shape index (κ1) is 10.7. The molecule has 4 heteroatoms. The summed E-state index contributed by atoms with van der Waals surface area (Å²) in [5.41, 5.74) is 0.970. The van der Waals surface area contributed by atoms with Gasteiger partial charge in [0, 0.05) is 17.3 Å². The number of hydrogen-bond donors (Lipinski definition) is 1. The van der Waals surface area contributed by atoms with Gasteiger partial charge in [0.2, 0.25) is 0 Å². The van der Waals surface area contributed by atoms with Crippen molar-refractivity contribution in [3.8, 4) is 0 Å². The highest BCUT2D eigenvalue weighted by Crippen LogP contribution is 2.17. The van der Waals surface area contributed by atoms with Crippen LogP contribution >= 0.6 is 11.8 Å². The van der Waals surface area contributed by atoms with Crippen LogP contribution in [-0.4, -0.2) is 11.6 Å². The Morgan fingerprint density at radius 2 is 2.00 bits per heavy atom. The number of para-hydroxylation sites is 1. The van der Waals surface area contributed by atoms with Crippen LogP contribution in [0.3, 0.4) is 0 Å². The quantitative estimate of drug-likeness (QED) is 0.473. The number of hydrogen-bond acceptors (Lipinski definition) is 3. The van der Waals surface area contributed by atoms with Gasteiger partial charge in [0.05, 0.1) is 12.1 Å². The Morgan fingerprint density at radius 3 is 2.57 bits per heavy atom. The zero-order chi connectivity index (χ0) is 10.6. The third kappa shape index (κ3) is 2.57. The fourth-order valence-electron chi connectivity index (χ4n) is 1.13. The summed E-state index contributed by atoms with van der Waals surface area (Å²) in [5, 5.41) is 0. The Balaban J connectivity index is 2.94. The summed E-state index contributed by atoms with van der Waals surface area (Å²) in [5.74, 6) is -0.374. The lowest BCUT2D eigenvalue weighted by Crippen LogP contribution is -2.06. The minimum Gasteiger partial charge on any atom is -0.300 e. The fraction of sp³-hybridized carbons (Fsp3) is 0.200. The van der Waals surface area contributed by atoms with Gasteiger partial charge >= 0.3 is 0 Å². The van der Waals surface area contributed by atoms with Crippen LogP contribution in [-0.2, 0) is 4.79 Å². The molecule has 14 heavy (non-hydrogen) atoms. The minimum atomic E-state index is -0.221. The number of nitrogens with one attached hydrogen (secondary N) is 1. The van der Waals surface area contributed by atoms with Crippen LogP contribution in [0.5, 0.6) is 0 Å². The highest BCUT2D eigenvalue weighted by atomic mass is 35.5. The molecule has 3 nitrogen and oxygen atoms in total. The van der Waals surface area contributed by atoms with Crippen molar-refractivity contribution in [2.24, 2.45) is 0 Å². The Hall–Kier alpha value is -1.35. The van der Waals surface area contributed by atoms with Gasteiger partial charge in [0.1, 0.15) is 5.78 Å². The number of ketones is 2. The van der Waals surface area contributed by atoms with Gasteiger partial charge in [-0.2, -0.15) is 0 Å². The summed E-state index contributed by atoms with van der Waals surface area (Å²) in [6.07, 6.45) is -0.0877. The van der Waals surface area contributed by atoms with Crippen molar-refractivity contribution in [3.05, 3.63) is 29.8 Å². The molecule has 0 aliphatic carbocycles. The molecule has 1 aromatic rings. The number of rotatable bonds is 4. The van der Waals surface area contributed by atoms with Crippen LogP contribution in [0.15, 0.2) is 24.3 Å². The van der Waals surface area contributed by atoms with Gasteiger partial charge in [-0.05, 0) is 19.1 Å². The molecule has 0 unspecified atom stereocenters. The second kappa shape index (κ2) is 4.77. The Labute approximate surface area is 87.2 Å². The van der Waals surface area contributed by atoms with Crippen molar-refractivity contribution >= 4 is 29.0 Å². The molecule has 0 aliphatic heterocycles. The maximum atomic E-state index is 11.5. The van der Waals surface area contributed by atoms with Gasteiger partial charge < -0.3 is 0 Å². The molecule has 0 spiro atoms. The summed E-state index contributed by atoms with van der Waals surface area (Å²) in [4.78, 5) is 24.7. The predicted octanol–water partition coefficient (Wildman–Crippen LogP) is 2.41. The van der Waals surface area contributed by atoms with Crippen LogP contribution in [0, 0.1) is 0 Å². The number of halogens is 1. The predicted molar refractivity (Wildman–Crippen MR) is 55.5 cm³/mol. The standard InChI is InChI=1S/C10H10ClNO2/c1-7(13)6-10(14)8-4-2-3-5-9(8)12-11/h2-5,12H,6H2,1H3. The maximum Gasteiger partial charge on any atom is 0.172 e. The van der Waals surface area contributed by atoms with Crippen molar-refractivity contribution in [2.45, 2.75) is 13.3 Å². The van der Waals surface area contributed by atoms with E-state index in [1.165, 1.54) is 6.92 Å². The molecular formula is C10H10ClNO2. The zero-order valence-corrected chi connectivity index (χ0v) is 8.47. The molecule has 0 saturated heterocycles. The average molecular weight is 212 g/mol. The van der Waals surface area contributed by atoms with E-state index in [1.807, 2.05) is 0 Å². The normalized spacial score (nSPS) is 9.57. The molecule has 1 rings (SSSR count). The van der Waals surface area contributed by atoms with Crippen molar-refractivity contribution in [3.63, 3.8) is 0 Å². The lowest BCUT2D eigenvalue weighted by atomic mass is 10.1. The zero-order valence-electron chi connectivity index (χ0n) is 7.71. The number of benzene rings is 1. The highest BCUT2D eigenvalue weighted by Gasteiger charge is 2.11. The van der Waals surface area contributed by atoms with E-state index in [9.17, 15) is 9.59 Å². The molecule has 74 valence electrons. The van der Waals surface area contributed by atoms with Crippen LogP contribution in [0.1, 0.15) is 23.7 Å². The largest absolute Gasteiger partial charge is 0.300 e. The third-order valence-electron chi connectivity index (χ3n) is 1.74. The number of Topliss-reactive ketones (excluding diaryl/α,β-unsaturated/α-hetero) is 2. The van der Waals surface area contributed by atoms with E-state index in [-0.39, 0.29) is 18.0 Å². The second-order valence-electron chi connectivity index (χ2n) is 2.94. The number of carbonyl (C=O) groups excluding carboxylic acids is 2. The second-order valence-corrected chi connectivity index (χ2v) is 3.13. The van der Waals surface area contributed by atoms with Gasteiger partial charge in [-0.15, -0.1) is 0 Å². The van der Waals surface area contributed by atoms with E-state index >= 15 is 0 Å². The Kier molecular flexibility index (Phi) is 3.65. The molecule has 0 saturated carbocycles. The van der Waals surface area contributed by atoms with E-state index in [0.29, 0.717) is 11.3 Å². The fourth-order valence-corrected chi connectivity index (χ4v) is 1.29. The summed E-state index contributed by atoms with van der Waals surface area (Å²) in [6, 6.07) is 6.80. The van der Waals surface area contributed by atoms with Crippen molar-refractivity contribution < 1.29 is 9.59 Å². The number of anilines is 1. The first-order chi connectivity index (χ1) is 6.65. The van der Waals surface area contributed by atoms with E-state index < -0.39 is 0 Å². The Bertz CT molecular complexity index is 363. The van der Waals surface area contributed by atoms with E-state index in [2.05, 4.69) is 4.84 Å². The molecule has 0 radical (unpaired) electrons. The van der Waals surface area contributed by atoms with Gasteiger partial charge in [0.15, 0.2) is 5.78 Å². The van der Waals surface area contributed by atoms with E-state index in [4.69, 9.17) is 11.8 Å². The molecule has 0 bridgehead atoms. The van der Waals surface area contributed by atoms with Crippen molar-refractivity contribution in [1.29, 1.82) is 0 Å². The van der Waals surface area contributed by atoms with E-state index in [0.717, 1.165) is 0 Å². The molecule has 0 aliphatic rings. The summed E-state index contributed by atoms with van der Waals surface area (Å²) >= 11 is 5.43. The molecule has 0 heterocycles. The van der Waals surface area contributed by atoms with Crippen LogP contribution in [0.25, 0.3) is 0 Å². The molecular weight excluding hydrogens is 202 g/mol. The topological polar surface area (TPSA) is 46.2 Å². The summed E-state index contributed by atoms with van der Waals surface area (Å²) in [6.45, 7) is 1.38. The highest BCUT2D eigenvalue weighted by molar-refractivity contribution is 6.25. The summed E-state index contributed by atoms with van der Waals surface area (Å²) in [7, 11) is 0. The van der Waals surface area contributed by atoms with Crippen molar-refractivity contribution in [1.82, 2.24) is 0 Å². The van der Waals surface area contributed by atoms with Crippen LogP contribution in [0.4, 0.5) is 5.69 Å². The molecule has 0 atom stereocenters. The van der Waals surface area contributed by atoms with Gasteiger partial charge in [-0.3, -0.25) is 14.4 Å². The van der Waals surface area contributed by atoms with Gasteiger partial charge in [0.25, 0.3) is 0 Å². The van der Waals surface area contributed by atoms with Crippen molar-refractivity contribution in [2.75, 3.05) is 4.84 Å². The summed E-state index contributed by atoms with van der Waals surface area (Å²) < 4.78 is 0. The van der Waals surface area contributed by atoms with Gasteiger partial charge in [-0.1, -0.05) is 12.1 Å². The molecule has 0 fully saturated rings. The molecule has 1 N–H and O–H groups in total. The molecule has 0 amide bonds.